The Bertz CT molecular complexity index is 641. The molecule has 0 amide bonds. The Balaban J connectivity index is 1.45. The summed E-state index contributed by atoms with van der Waals surface area (Å²) in [6.45, 7) is 2.30. The SMILES string of the molecule is CCC[C@H]1CC[C@H](C=C[C@H]2CC[C@H](c3ccc(C#N)c(F)c3)CC2)CC1. The van der Waals surface area contributed by atoms with Crippen molar-refractivity contribution in [2.24, 2.45) is 17.8 Å². The molecule has 1 aromatic rings. The lowest BCUT2D eigenvalue weighted by atomic mass is 9.77. The van der Waals surface area contributed by atoms with Gasteiger partial charge in [-0.05, 0) is 92.7 Å². The first-order valence-electron chi connectivity index (χ1n) is 10.6. The molecule has 140 valence electrons. The number of hydrogen-bond donors (Lipinski definition) is 0. The molecule has 2 aliphatic rings. The van der Waals surface area contributed by atoms with E-state index in [0.717, 1.165) is 30.2 Å². The van der Waals surface area contributed by atoms with Gasteiger partial charge >= 0.3 is 0 Å². The second-order valence-corrected chi connectivity index (χ2v) is 8.42. The van der Waals surface area contributed by atoms with Gasteiger partial charge in [-0.25, -0.2) is 4.39 Å². The van der Waals surface area contributed by atoms with E-state index in [4.69, 9.17) is 5.26 Å². The van der Waals surface area contributed by atoms with Gasteiger partial charge in [0.05, 0.1) is 5.56 Å². The number of allylic oxidation sites excluding steroid dienone is 2. The monoisotopic (exact) mass is 353 g/mol. The van der Waals surface area contributed by atoms with Crippen molar-refractivity contribution in [3.63, 3.8) is 0 Å². The van der Waals surface area contributed by atoms with Crippen molar-refractivity contribution in [3.05, 3.63) is 47.3 Å². The molecule has 0 saturated heterocycles. The molecule has 1 aromatic carbocycles. The first-order chi connectivity index (χ1) is 12.7. The number of nitrogens with zero attached hydrogens (tertiary/aromatic N) is 1. The van der Waals surface area contributed by atoms with E-state index in [1.165, 1.54) is 51.4 Å². The average molecular weight is 354 g/mol. The summed E-state index contributed by atoms with van der Waals surface area (Å²) in [7, 11) is 0. The summed E-state index contributed by atoms with van der Waals surface area (Å²) in [4.78, 5) is 0. The van der Waals surface area contributed by atoms with Crippen molar-refractivity contribution in [2.45, 2.75) is 77.0 Å². The third-order valence-corrected chi connectivity index (χ3v) is 6.60. The normalized spacial score (nSPS) is 29.6. The summed E-state index contributed by atoms with van der Waals surface area (Å²) in [6, 6.07) is 7.06. The second kappa shape index (κ2) is 9.36. The van der Waals surface area contributed by atoms with E-state index in [-0.39, 0.29) is 11.4 Å². The molecule has 3 rings (SSSR count). The lowest BCUT2D eigenvalue weighted by Gasteiger charge is -2.29. The van der Waals surface area contributed by atoms with Crippen LogP contribution in [0.25, 0.3) is 0 Å². The van der Waals surface area contributed by atoms with Gasteiger partial charge in [-0.3, -0.25) is 0 Å². The van der Waals surface area contributed by atoms with E-state index < -0.39 is 0 Å². The Hall–Kier alpha value is -1.62. The fourth-order valence-electron chi connectivity index (χ4n) is 4.91. The predicted molar refractivity (Wildman–Crippen MR) is 105 cm³/mol. The molecule has 2 fully saturated rings. The van der Waals surface area contributed by atoms with Gasteiger partial charge in [0.15, 0.2) is 0 Å². The van der Waals surface area contributed by atoms with Crippen LogP contribution < -0.4 is 0 Å². The number of nitriles is 1. The van der Waals surface area contributed by atoms with Gasteiger partial charge in [0.25, 0.3) is 0 Å². The molecule has 0 bridgehead atoms. The zero-order valence-electron chi connectivity index (χ0n) is 16.1. The summed E-state index contributed by atoms with van der Waals surface area (Å²) in [5.74, 6) is 2.56. The predicted octanol–water partition coefficient (Wildman–Crippen LogP) is 7.13. The fraction of sp³-hybridized carbons (Fsp3) is 0.625. The first-order valence-corrected chi connectivity index (χ1v) is 10.6. The Morgan fingerprint density at radius 2 is 1.62 bits per heavy atom. The van der Waals surface area contributed by atoms with Crippen molar-refractivity contribution in [1.82, 2.24) is 0 Å². The topological polar surface area (TPSA) is 23.8 Å². The van der Waals surface area contributed by atoms with Crippen molar-refractivity contribution >= 4 is 0 Å². The molecule has 0 heterocycles. The smallest absolute Gasteiger partial charge is 0.141 e. The molecule has 1 nitrogen and oxygen atoms in total. The van der Waals surface area contributed by atoms with Crippen LogP contribution in [0.5, 0.6) is 0 Å². The minimum atomic E-state index is -0.370. The van der Waals surface area contributed by atoms with Gasteiger partial charge in [-0.2, -0.15) is 5.26 Å². The van der Waals surface area contributed by atoms with E-state index in [2.05, 4.69) is 19.1 Å². The zero-order chi connectivity index (χ0) is 18.4. The van der Waals surface area contributed by atoms with Crippen molar-refractivity contribution < 1.29 is 4.39 Å². The summed E-state index contributed by atoms with van der Waals surface area (Å²) in [6.07, 6.45) is 18.0. The molecule has 0 spiro atoms. The number of rotatable bonds is 5. The van der Waals surface area contributed by atoms with Crippen LogP contribution in [0.4, 0.5) is 4.39 Å². The average Bonchev–Trinajstić information content (AvgIpc) is 2.68. The highest BCUT2D eigenvalue weighted by Gasteiger charge is 2.23. The summed E-state index contributed by atoms with van der Waals surface area (Å²) in [5.41, 5.74) is 1.22. The number of hydrogen-bond acceptors (Lipinski definition) is 1. The van der Waals surface area contributed by atoms with E-state index in [9.17, 15) is 4.39 Å². The van der Waals surface area contributed by atoms with Crippen LogP contribution in [-0.4, -0.2) is 0 Å². The molecule has 2 heteroatoms. The van der Waals surface area contributed by atoms with Crippen LogP contribution in [0.3, 0.4) is 0 Å². The second-order valence-electron chi connectivity index (χ2n) is 8.42. The Morgan fingerprint density at radius 1 is 1.00 bits per heavy atom. The van der Waals surface area contributed by atoms with E-state index >= 15 is 0 Å². The van der Waals surface area contributed by atoms with Gasteiger partial charge < -0.3 is 0 Å². The molecule has 0 N–H and O–H groups in total. The van der Waals surface area contributed by atoms with Crippen LogP contribution in [0.1, 0.15) is 88.2 Å². The summed E-state index contributed by atoms with van der Waals surface area (Å²) in [5, 5.41) is 8.86. The number of benzene rings is 1. The number of halogens is 1. The Kier molecular flexibility index (Phi) is 6.89. The maximum absolute atomic E-state index is 13.9. The van der Waals surface area contributed by atoms with Gasteiger partial charge in [-0.15, -0.1) is 0 Å². The molecule has 26 heavy (non-hydrogen) atoms. The Morgan fingerprint density at radius 3 is 2.15 bits per heavy atom. The standard InChI is InChI=1S/C24H32FN/c1-2-3-18-4-6-19(7-5-18)8-9-20-10-12-21(13-11-20)22-14-15-23(17-26)24(25)16-22/h8-9,14-16,18-21H,2-7,10-13H2,1H3/t18-,19-,20-,21-. The molecule has 2 saturated carbocycles. The lowest BCUT2D eigenvalue weighted by molar-refractivity contribution is 0.292. The maximum Gasteiger partial charge on any atom is 0.141 e. The van der Waals surface area contributed by atoms with Gasteiger partial charge in [-0.1, -0.05) is 38.0 Å². The molecule has 0 atom stereocenters. The summed E-state index contributed by atoms with van der Waals surface area (Å²) < 4.78 is 13.9. The molecule has 2 aliphatic carbocycles. The van der Waals surface area contributed by atoms with Crippen LogP contribution in [0, 0.1) is 34.9 Å². The molecular weight excluding hydrogens is 321 g/mol. The Labute approximate surface area is 158 Å². The van der Waals surface area contributed by atoms with Gasteiger partial charge in [0.2, 0.25) is 0 Å². The van der Waals surface area contributed by atoms with Crippen LogP contribution in [0.2, 0.25) is 0 Å². The quantitative estimate of drug-likeness (QED) is 0.516. The molecule has 0 radical (unpaired) electrons. The third kappa shape index (κ3) is 4.97. The zero-order valence-corrected chi connectivity index (χ0v) is 16.1. The van der Waals surface area contributed by atoms with Gasteiger partial charge in [0, 0.05) is 0 Å². The minimum absolute atomic E-state index is 0.152. The fourth-order valence-corrected chi connectivity index (χ4v) is 4.91. The van der Waals surface area contributed by atoms with Gasteiger partial charge in [0.1, 0.15) is 11.9 Å². The van der Waals surface area contributed by atoms with Crippen molar-refractivity contribution in [3.8, 4) is 6.07 Å². The van der Waals surface area contributed by atoms with E-state index in [0.29, 0.717) is 11.8 Å². The molecule has 0 unspecified atom stereocenters. The van der Waals surface area contributed by atoms with E-state index in [1.807, 2.05) is 12.1 Å². The van der Waals surface area contributed by atoms with Crippen LogP contribution >= 0.6 is 0 Å². The highest BCUT2D eigenvalue weighted by atomic mass is 19.1. The van der Waals surface area contributed by atoms with Crippen molar-refractivity contribution in [1.29, 1.82) is 5.26 Å². The van der Waals surface area contributed by atoms with Crippen molar-refractivity contribution in [2.75, 3.05) is 0 Å². The highest BCUT2D eigenvalue weighted by Crippen LogP contribution is 2.38. The lowest BCUT2D eigenvalue weighted by Crippen LogP contribution is -2.14. The molecule has 0 aromatic heterocycles. The van der Waals surface area contributed by atoms with Crippen LogP contribution in [0.15, 0.2) is 30.4 Å². The summed E-state index contributed by atoms with van der Waals surface area (Å²) >= 11 is 0. The largest absolute Gasteiger partial charge is 0.206 e. The third-order valence-electron chi connectivity index (χ3n) is 6.60. The van der Waals surface area contributed by atoms with E-state index in [1.54, 1.807) is 12.1 Å². The highest BCUT2D eigenvalue weighted by molar-refractivity contribution is 5.35. The minimum Gasteiger partial charge on any atom is -0.206 e. The molecular formula is C24H32FN. The maximum atomic E-state index is 13.9. The molecule has 0 aliphatic heterocycles. The first kappa shape index (κ1) is 19.2. The van der Waals surface area contributed by atoms with Crippen LogP contribution in [-0.2, 0) is 0 Å².